The lowest BCUT2D eigenvalue weighted by Gasteiger charge is -2.15. The van der Waals surface area contributed by atoms with Crippen molar-refractivity contribution in [2.75, 3.05) is 14.2 Å². The Kier molecular flexibility index (Phi) is 4.20. The highest BCUT2D eigenvalue weighted by Crippen LogP contribution is 2.31. The van der Waals surface area contributed by atoms with Gasteiger partial charge in [0.05, 0.1) is 19.9 Å². The summed E-state index contributed by atoms with van der Waals surface area (Å²) in [6.07, 6.45) is 0. The van der Waals surface area contributed by atoms with Crippen molar-refractivity contribution in [3.63, 3.8) is 0 Å². The second-order valence-electron chi connectivity index (χ2n) is 5.60. The van der Waals surface area contributed by atoms with E-state index in [0.29, 0.717) is 17.4 Å². The summed E-state index contributed by atoms with van der Waals surface area (Å²) in [5.74, 6) is 2.73. The van der Waals surface area contributed by atoms with E-state index in [9.17, 15) is 0 Å². The monoisotopic (exact) mass is 324 g/mol. The summed E-state index contributed by atoms with van der Waals surface area (Å²) >= 11 is 0. The minimum absolute atomic E-state index is 0.550. The number of benzene rings is 1. The molecule has 0 bridgehead atoms. The van der Waals surface area contributed by atoms with Gasteiger partial charge in [0, 0.05) is 6.07 Å². The molecule has 2 aromatic heterocycles. The van der Waals surface area contributed by atoms with Crippen LogP contribution in [0.15, 0.2) is 30.3 Å². The van der Waals surface area contributed by atoms with Gasteiger partial charge in [0.25, 0.3) is 0 Å². The minimum Gasteiger partial charge on any atom is -0.495 e. The van der Waals surface area contributed by atoms with Crippen LogP contribution >= 0.6 is 0 Å². The van der Waals surface area contributed by atoms with Crippen molar-refractivity contribution < 1.29 is 9.47 Å². The predicted octanol–water partition coefficient (Wildman–Crippen LogP) is 3.27. The molecule has 2 heterocycles. The largest absolute Gasteiger partial charge is 0.495 e. The van der Waals surface area contributed by atoms with Crippen LogP contribution in [0.3, 0.4) is 0 Å². The first kappa shape index (κ1) is 16.0. The van der Waals surface area contributed by atoms with Crippen LogP contribution in [0.25, 0.3) is 17.2 Å². The van der Waals surface area contributed by atoms with Crippen molar-refractivity contribution in [3.05, 3.63) is 47.3 Å². The zero-order valence-corrected chi connectivity index (χ0v) is 14.5. The molecule has 0 saturated heterocycles. The van der Waals surface area contributed by atoms with E-state index >= 15 is 0 Å². The third-order valence-corrected chi connectivity index (χ3v) is 3.85. The molecule has 0 aliphatic rings. The van der Waals surface area contributed by atoms with E-state index in [-0.39, 0.29) is 0 Å². The summed E-state index contributed by atoms with van der Waals surface area (Å²) in [5, 5.41) is 8.58. The van der Waals surface area contributed by atoms with Crippen molar-refractivity contribution in [2.24, 2.45) is 0 Å². The Morgan fingerprint density at radius 1 is 0.958 bits per heavy atom. The molecule has 0 atom stereocenters. The average molecular weight is 324 g/mol. The molecule has 0 unspecified atom stereocenters. The molecule has 3 rings (SSSR count). The lowest BCUT2D eigenvalue weighted by molar-refractivity contribution is 0.398. The van der Waals surface area contributed by atoms with Gasteiger partial charge in [-0.1, -0.05) is 12.1 Å². The van der Waals surface area contributed by atoms with E-state index in [0.717, 1.165) is 28.4 Å². The zero-order valence-electron chi connectivity index (χ0n) is 14.5. The van der Waals surface area contributed by atoms with Gasteiger partial charge in [0.2, 0.25) is 5.88 Å². The second kappa shape index (κ2) is 6.31. The zero-order chi connectivity index (χ0) is 17.3. The molecule has 0 N–H and O–H groups in total. The van der Waals surface area contributed by atoms with Crippen LogP contribution in [0.5, 0.6) is 11.6 Å². The van der Waals surface area contributed by atoms with E-state index in [1.165, 1.54) is 0 Å². The van der Waals surface area contributed by atoms with Gasteiger partial charge in [-0.05, 0) is 44.0 Å². The van der Waals surface area contributed by atoms with Crippen molar-refractivity contribution in [3.8, 4) is 28.8 Å². The normalized spacial score (nSPS) is 10.7. The van der Waals surface area contributed by atoms with Gasteiger partial charge in [-0.3, -0.25) is 4.57 Å². The molecule has 0 radical (unpaired) electrons. The van der Waals surface area contributed by atoms with Gasteiger partial charge < -0.3 is 9.47 Å². The van der Waals surface area contributed by atoms with Crippen LogP contribution in [0.4, 0.5) is 0 Å². The summed E-state index contributed by atoms with van der Waals surface area (Å²) in [5.41, 5.74) is 3.73. The fourth-order valence-electron chi connectivity index (χ4n) is 2.73. The summed E-state index contributed by atoms with van der Waals surface area (Å²) in [6.45, 7) is 5.94. The lowest BCUT2D eigenvalue weighted by Crippen LogP contribution is -2.06. The number of nitrogens with zero attached hydrogens (tertiary/aromatic N) is 4. The number of hydrogen-bond donors (Lipinski definition) is 0. The SMILES string of the molecule is COc1cc(C)cc(-c2nnc(C)n2-c2c(C)cccc2OC)n1. The maximum atomic E-state index is 5.54. The summed E-state index contributed by atoms with van der Waals surface area (Å²) in [7, 11) is 3.26. The Balaban J connectivity index is 2.27. The van der Waals surface area contributed by atoms with Crippen molar-refractivity contribution in [1.82, 2.24) is 19.7 Å². The molecule has 0 fully saturated rings. The first-order valence-corrected chi connectivity index (χ1v) is 7.64. The van der Waals surface area contributed by atoms with E-state index in [1.807, 2.05) is 55.7 Å². The third kappa shape index (κ3) is 2.71. The van der Waals surface area contributed by atoms with Crippen LogP contribution in [0.2, 0.25) is 0 Å². The smallest absolute Gasteiger partial charge is 0.213 e. The quantitative estimate of drug-likeness (QED) is 0.737. The Morgan fingerprint density at radius 2 is 1.75 bits per heavy atom. The van der Waals surface area contributed by atoms with Crippen LogP contribution < -0.4 is 9.47 Å². The number of para-hydroxylation sites is 1. The van der Waals surface area contributed by atoms with E-state index in [1.54, 1.807) is 14.2 Å². The van der Waals surface area contributed by atoms with Crippen LogP contribution in [0.1, 0.15) is 17.0 Å². The highest BCUT2D eigenvalue weighted by atomic mass is 16.5. The Morgan fingerprint density at radius 3 is 2.46 bits per heavy atom. The van der Waals surface area contributed by atoms with Gasteiger partial charge in [-0.25, -0.2) is 4.98 Å². The van der Waals surface area contributed by atoms with E-state index in [2.05, 4.69) is 15.2 Å². The van der Waals surface area contributed by atoms with Gasteiger partial charge in [-0.15, -0.1) is 10.2 Å². The van der Waals surface area contributed by atoms with Crippen molar-refractivity contribution in [2.45, 2.75) is 20.8 Å². The molecular formula is C18H20N4O2. The second-order valence-corrected chi connectivity index (χ2v) is 5.60. The highest BCUT2D eigenvalue weighted by molar-refractivity contribution is 5.61. The number of methoxy groups -OCH3 is 2. The predicted molar refractivity (Wildman–Crippen MR) is 91.9 cm³/mol. The minimum atomic E-state index is 0.550. The summed E-state index contributed by atoms with van der Waals surface area (Å²) < 4.78 is 12.8. The molecule has 0 amide bonds. The number of hydrogen-bond acceptors (Lipinski definition) is 5. The molecule has 0 aliphatic carbocycles. The molecule has 6 heteroatoms. The van der Waals surface area contributed by atoms with Gasteiger partial charge in [-0.2, -0.15) is 0 Å². The average Bonchev–Trinajstić information content (AvgIpc) is 2.95. The van der Waals surface area contributed by atoms with Crippen molar-refractivity contribution in [1.29, 1.82) is 0 Å². The van der Waals surface area contributed by atoms with Gasteiger partial charge in [0.1, 0.15) is 17.3 Å². The Labute approximate surface area is 141 Å². The fourth-order valence-corrected chi connectivity index (χ4v) is 2.73. The Bertz CT molecular complexity index is 887. The molecule has 0 spiro atoms. The highest BCUT2D eigenvalue weighted by Gasteiger charge is 2.19. The molecule has 6 nitrogen and oxygen atoms in total. The standard InChI is InChI=1S/C18H20N4O2/c1-11-9-14(19-16(10-11)24-5)18-21-20-13(3)22(18)17-12(2)7-6-8-15(17)23-4/h6-10H,1-5H3. The number of aryl methyl sites for hydroxylation is 3. The van der Waals surface area contributed by atoms with Crippen molar-refractivity contribution >= 4 is 0 Å². The molecular weight excluding hydrogens is 304 g/mol. The number of aromatic nitrogens is 4. The summed E-state index contributed by atoms with van der Waals surface area (Å²) in [6, 6.07) is 9.77. The molecule has 124 valence electrons. The fraction of sp³-hybridized carbons (Fsp3) is 0.278. The first-order valence-electron chi connectivity index (χ1n) is 7.64. The topological polar surface area (TPSA) is 62.1 Å². The van der Waals surface area contributed by atoms with E-state index in [4.69, 9.17) is 9.47 Å². The number of pyridine rings is 1. The summed E-state index contributed by atoms with van der Waals surface area (Å²) in [4.78, 5) is 4.52. The van der Waals surface area contributed by atoms with Gasteiger partial charge in [0.15, 0.2) is 5.82 Å². The molecule has 0 saturated carbocycles. The van der Waals surface area contributed by atoms with Crippen LogP contribution in [-0.4, -0.2) is 34.0 Å². The van der Waals surface area contributed by atoms with Crippen LogP contribution in [0, 0.1) is 20.8 Å². The molecule has 1 aromatic carbocycles. The molecule has 24 heavy (non-hydrogen) atoms. The number of rotatable bonds is 4. The maximum Gasteiger partial charge on any atom is 0.213 e. The molecule has 3 aromatic rings. The molecule has 0 aliphatic heterocycles. The number of ether oxygens (including phenoxy) is 2. The van der Waals surface area contributed by atoms with Crippen LogP contribution in [-0.2, 0) is 0 Å². The Hall–Kier alpha value is -2.89. The third-order valence-electron chi connectivity index (χ3n) is 3.85. The van der Waals surface area contributed by atoms with E-state index < -0.39 is 0 Å². The van der Waals surface area contributed by atoms with Gasteiger partial charge >= 0.3 is 0 Å². The lowest BCUT2D eigenvalue weighted by atomic mass is 10.1. The maximum absolute atomic E-state index is 5.54. The first-order chi connectivity index (χ1) is 11.5.